The first kappa shape index (κ1) is 20.9. The highest BCUT2D eigenvalue weighted by Crippen LogP contribution is 2.44. The van der Waals surface area contributed by atoms with Gasteiger partial charge in [-0.05, 0) is 28.2 Å². The molecule has 1 aliphatic rings. The van der Waals surface area contributed by atoms with Crippen molar-refractivity contribution in [1.29, 1.82) is 0 Å². The molecule has 0 saturated heterocycles. The quantitative estimate of drug-likeness (QED) is 0.630. The number of carbonyl (C=O) groups is 2. The largest absolute Gasteiger partial charge is 0.481 e. The number of carboxylic acids is 1. The lowest BCUT2D eigenvalue weighted by Crippen LogP contribution is -2.48. The van der Waals surface area contributed by atoms with Crippen LogP contribution in [0.3, 0.4) is 0 Å². The van der Waals surface area contributed by atoms with Crippen molar-refractivity contribution in [3.63, 3.8) is 0 Å². The monoisotopic (exact) mass is 397 g/mol. The molecule has 3 atom stereocenters. The maximum absolute atomic E-state index is 12.5. The highest BCUT2D eigenvalue weighted by molar-refractivity contribution is 5.79. The van der Waals surface area contributed by atoms with E-state index >= 15 is 0 Å². The maximum Gasteiger partial charge on any atom is 0.407 e. The summed E-state index contributed by atoms with van der Waals surface area (Å²) in [5, 5.41) is 21.8. The molecule has 0 saturated carbocycles. The van der Waals surface area contributed by atoms with E-state index in [1.54, 1.807) is 0 Å². The van der Waals surface area contributed by atoms with Gasteiger partial charge in [0.2, 0.25) is 0 Å². The number of carbonyl (C=O) groups excluding carboxylic acids is 1. The summed E-state index contributed by atoms with van der Waals surface area (Å²) >= 11 is 0. The summed E-state index contributed by atoms with van der Waals surface area (Å²) < 4.78 is 5.51. The minimum Gasteiger partial charge on any atom is -0.481 e. The van der Waals surface area contributed by atoms with E-state index in [4.69, 9.17) is 9.84 Å². The van der Waals surface area contributed by atoms with Gasteiger partial charge < -0.3 is 20.3 Å². The summed E-state index contributed by atoms with van der Waals surface area (Å²) in [6.45, 7) is 3.95. The summed E-state index contributed by atoms with van der Waals surface area (Å²) in [5.41, 5.74) is 4.52. The average molecular weight is 397 g/mol. The molecule has 0 spiro atoms. The summed E-state index contributed by atoms with van der Waals surface area (Å²) in [4.78, 5) is 23.4. The van der Waals surface area contributed by atoms with Crippen molar-refractivity contribution in [3.8, 4) is 11.1 Å². The molecular formula is C23H27NO5. The van der Waals surface area contributed by atoms with Crippen molar-refractivity contribution in [1.82, 2.24) is 5.32 Å². The molecule has 6 nitrogen and oxygen atoms in total. The molecule has 2 aromatic carbocycles. The van der Waals surface area contributed by atoms with Crippen molar-refractivity contribution < 1.29 is 24.5 Å². The third-order valence-corrected chi connectivity index (χ3v) is 5.68. The molecule has 29 heavy (non-hydrogen) atoms. The molecule has 154 valence electrons. The van der Waals surface area contributed by atoms with Crippen molar-refractivity contribution in [2.45, 2.75) is 44.8 Å². The van der Waals surface area contributed by atoms with Gasteiger partial charge in [0.15, 0.2) is 0 Å². The Hall–Kier alpha value is -2.86. The molecule has 3 N–H and O–H groups in total. The summed E-state index contributed by atoms with van der Waals surface area (Å²) in [6, 6.07) is 15.5. The Kier molecular flexibility index (Phi) is 6.54. The van der Waals surface area contributed by atoms with Gasteiger partial charge in [-0.3, -0.25) is 4.79 Å². The first-order valence-corrected chi connectivity index (χ1v) is 9.93. The predicted octanol–water partition coefficient (Wildman–Crippen LogP) is 3.78. The van der Waals surface area contributed by atoms with E-state index in [1.807, 2.05) is 50.2 Å². The smallest absolute Gasteiger partial charge is 0.407 e. The Morgan fingerprint density at radius 3 is 2.14 bits per heavy atom. The molecule has 0 unspecified atom stereocenters. The minimum atomic E-state index is -1.18. The molecule has 0 radical (unpaired) electrons. The Bertz CT molecular complexity index is 836. The number of hydrogen-bond donors (Lipinski definition) is 3. The van der Waals surface area contributed by atoms with Crippen LogP contribution in [0, 0.1) is 5.92 Å². The van der Waals surface area contributed by atoms with Gasteiger partial charge in [0.25, 0.3) is 0 Å². The van der Waals surface area contributed by atoms with Crippen LogP contribution in [0.25, 0.3) is 11.1 Å². The summed E-state index contributed by atoms with van der Waals surface area (Å²) in [7, 11) is 0. The van der Waals surface area contributed by atoms with Crippen LogP contribution < -0.4 is 5.32 Å². The number of amides is 1. The van der Waals surface area contributed by atoms with Gasteiger partial charge in [0.1, 0.15) is 6.61 Å². The standard InChI is InChI=1S/C23H27NO5/c1-3-14(2)22(20(25)12-21(26)27)24-23(28)29-13-19-17-10-6-4-8-15(17)16-9-5-7-11-18(16)19/h4-11,14,19-20,22,25H,3,12-13H2,1-2H3,(H,24,28)(H,26,27)/t14-,20-,22-/m0/s1. The molecule has 6 heteroatoms. The second kappa shape index (κ2) is 9.09. The lowest BCUT2D eigenvalue weighted by Gasteiger charge is -2.28. The van der Waals surface area contributed by atoms with Crippen LogP contribution in [-0.2, 0) is 9.53 Å². The van der Waals surface area contributed by atoms with Gasteiger partial charge >= 0.3 is 12.1 Å². The minimum absolute atomic E-state index is 0.0564. The Balaban J connectivity index is 1.69. The molecule has 1 amide bonds. The summed E-state index contributed by atoms with van der Waals surface area (Å²) in [6.07, 6.45) is -1.58. The van der Waals surface area contributed by atoms with Gasteiger partial charge in [0, 0.05) is 5.92 Å². The summed E-state index contributed by atoms with van der Waals surface area (Å²) in [5.74, 6) is -1.26. The first-order valence-electron chi connectivity index (χ1n) is 9.93. The third kappa shape index (κ3) is 4.59. The van der Waals surface area contributed by atoms with Crippen molar-refractivity contribution >= 4 is 12.1 Å². The number of ether oxygens (including phenoxy) is 1. The van der Waals surface area contributed by atoms with Crippen LogP contribution in [-0.4, -0.2) is 41.0 Å². The van der Waals surface area contributed by atoms with Crippen LogP contribution in [0.1, 0.15) is 43.7 Å². The predicted molar refractivity (Wildman–Crippen MR) is 110 cm³/mol. The van der Waals surface area contributed by atoms with Crippen LogP contribution >= 0.6 is 0 Å². The van der Waals surface area contributed by atoms with E-state index in [0.29, 0.717) is 6.42 Å². The molecule has 0 heterocycles. The lowest BCUT2D eigenvalue weighted by atomic mass is 9.93. The molecule has 0 aliphatic heterocycles. The zero-order valence-corrected chi connectivity index (χ0v) is 16.7. The zero-order chi connectivity index (χ0) is 21.0. The fourth-order valence-corrected chi connectivity index (χ4v) is 3.95. The van der Waals surface area contributed by atoms with Gasteiger partial charge in [0.05, 0.1) is 18.6 Å². The second-order valence-electron chi connectivity index (χ2n) is 7.55. The normalized spacial score (nSPS) is 15.7. The second-order valence-corrected chi connectivity index (χ2v) is 7.55. The number of aliphatic carboxylic acids is 1. The van der Waals surface area contributed by atoms with Crippen LogP contribution in [0.15, 0.2) is 48.5 Å². The number of aliphatic hydroxyl groups is 1. The van der Waals surface area contributed by atoms with E-state index in [-0.39, 0.29) is 18.4 Å². The number of alkyl carbamates (subject to hydrolysis) is 1. The molecular weight excluding hydrogens is 370 g/mol. The number of benzene rings is 2. The van der Waals surface area contributed by atoms with Crippen molar-refractivity contribution in [3.05, 3.63) is 59.7 Å². The highest BCUT2D eigenvalue weighted by atomic mass is 16.5. The topological polar surface area (TPSA) is 95.9 Å². The molecule has 0 aromatic heterocycles. The van der Waals surface area contributed by atoms with E-state index in [9.17, 15) is 14.7 Å². The maximum atomic E-state index is 12.5. The lowest BCUT2D eigenvalue weighted by molar-refractivity contribution is -0.139. The van der Waals surface area contributed by atoms with E-state index in [0.717, 1.165) is 22.3 Å². The highest BCUT2D eigenvalue weighted by Gasteiger charge is 2.31. The van der Waals surface area contributed by atoms with Gasteiger partial charge in [-0.25, -0.2) is 4.79 Å². The zero-order valence-electron chi connectivity index (χ0n) is 16.7. The Morgan fingerprint density at radius 1 is 1.07 bits per heavy atom. The Labute approximate surface area is 170 Å². The van der Waals surface area contributed by atoms with Crippen molar-refractivity contribution in [2.75, 3.05) is 6.61 Å². The molecule has 0 bridgehead atoms. The van der Waals surface area contributed by atoms with Crippen LogP contribution in [0.2, 0.25) is 0 Å². The van der Waals surface area contributed by atoms with Gasteiger partial charge in [-0.1, -0.05) is 68.8 Å². The number of fused-ring (bicyclic) bond motifs is 3. The molecule has 0 fully saturated rings. The number of rotatable bonds is 8. The van der Waals surface area contributed by atoms with E-state index in [1.165, 1.54) is 0 Å². The SMILES string of the molecule is CC[C@H](C)[C@H](NC(=O)OCC1c2ccccc2-c2ccccc21)[C@@H](O)CC(=O)O. The number of hydrogen-bond acceptors (Lipinski definition) is 4. The van der Waals surface area contributed by atoms with Crippen LogP contribution in [0.5, 0.6) is 0 Å². The number of nitrogens with one attached hydrogen (secondary N) is 1. The van der Waals surface area contributed by atoms with Crippen molar-refractivity contribution in [2.24, 2.45) is 5.92 Å². The van der Waals surface area contributed by atoms with Crippen LogP contribution in [0.4, 0.5) is 4.79 Å². The number of carboxylic acid groups (broad SMARTS) is 1. The van der Waals surface area contributed by atoms with E-state index < -0.39 is 30.6 Å². The Morgan fingerprint density at radius 2 is 1.62 bits per heavy atom. The average Bonchev–Trinajstić information content (AvgIpc) is 3.03. The molecule has 2 aromatic rings. The first-order chi connectivity index (χ1) is 13.9. The third-order valence-electron chi connectivity index (χ3n) is 5.68. The molecule has 1 aliphatic carbocycles. The molecule has 3 rings (SSSR count). The number of aliphatic hydroxyl groups excluding tert-OH is 1. The fourth-order valence-electron chi connectivity index (χ4n) is 3.95. The van der Waals surface area contributed by atoms with E-state index in [2.05, 4.69) is 17.4 Å². The van der Waals surface area contributed by atoms with Gasteiger partial charge in [-0.2, -0.15) is 0 Å². The fraction of sp³-hybridized carbons (Fsp3) is 0.391. The van der Waals surface area contributed by atoms with Gasteiger partial charge in [-0.15, -0.1) is 0 Å².